The molecule has 0 aliphatic rings. The van der Waals surface area contributed by atoms with Gasteiger partial charge in [0.05, 0.1) is 18.2 Å². The Morgan fingerprint density at radius 2 is 1.83 bits per heavy atom. The molecular formula is C13H7Cl2FN2. The molecule has 0 aliphatic carbocycles. The van der Waals surface area contributed by atoms with Crippen LogP contribution in [0.4, 0.5) is 4.39 Å². The number of rotatable bonds is 2. The maximum atomic E-state index is 13.1. The average Bonchev–Trinajstić information content (AvgIpc) is 2.28. The molecule has 2 rings (SSSR count). The Morgan fingerprint density at radius 3 is 2.44 bits per heavy atom. The molecule has 0 radical (unpaired) electrons. The highest BCUT2D eigenvalue weighted by molar-refractivity contribution is 6.35. The van der Waals surface area contributed by atoms with Crippen molar-refractivity contribution in [1.29, 1.82) is 5.26 Å². The number of benzene rings is 1. The van der Waals surface area contributed by atoms with Crippen molar-refractivity contribution < 1.29 is 4.39 Å². The highest BCUT2D eigenvalue weighted by Crippen LogP contribution is 2.29. The first-order valence-electron chi connectivity index (χ1n) is 5.09. The Bertz CT molecular complexity index is 615. The van der Waals surface area contributed by atoms with Gasteiger partial charge in [-0.2, -0.15) is 9.65 Å². The van der Waals surface area contributed by atoms with E-state index in [-0.39, 0.29) is 6.42 Å². The highest BCUT2D eigenvalue weighted by atomic mass is 35.5. The van der Waals surface area contributed by atoms with Gasteiger partial charge in [0.15, 0.2) is 0 Å². The monoisotopic (exact) mass is 280 g/mol. The van der Waals surface area contributed by atoms with E-state index in [1.165, 1.54) is 6.07 Å². The molecule has 0 amide bonds. The zero-order chi connectivity index (χ0) is 13.1. The molecule has 0 fully saturated rings. The number of hydrogen-bond acceptors (Lipinski definition) is 2. The minimum absolute atomic E-state index is 0.0250. The minimum Gasteiger partial charge on any atom is -0.223 e. The summed E-state index contributed by atoms with van der Waals surface area (Å²) in [7, 11) is 0. The van der Waals surface area contributed by atoms with Crippen LogP contribution in [0.2, 0.25) is 10.0 Å². The first-order valence-corrected chi connectivity index (χ1v) is 5.84. The number of hydrogen-bond donors (Lipinski definition) is 0. The molecule has 2 aromatic rings. The SMILES string of the molecule is N#CCc1nc(F)ccc1-c1cc(Cl)cc(Cl)c1. The van der Waals surface area contributed by atoms with Crippen LogP contribution in [0.1, 0.15) is 5.69 Å². The Hall–Kier alpha value is -1.63. The summed E-state index contributed by atoms with van der Waals surface area (Å²) in [6.07, 6.45) is 0.0250. The fraction of sp³-hybridized carbons (Fsp3) is 0.0769. The first kappa shape index (κ1) is 12.8. The van der Waals surface area contributed by atoms with E-state index in [1.807, 2.05) is 6.07 Å². The van der Waals surface area contributed by atoms with Gasteiger partial charge >= 0.3 is 0 Å². The van der Waals surface area contributed by atoms with Crippen LogP contribution in [0.3, 0.4) is 0 Å². The number of nitriles is 1. The number of aromatic nitrogens is 1. The third-order valence-electron chi connectivity index (χ3n) is 2.36. The van der Waals surface area contributed by atoms with Crippen molar-refractivity contribution in [3.05, 3.63) is 52.0 Å². The van der Waals surface area contributed by atoms with E-state index in [1.54, 1.807) is 24.3 Å². The van der Waals surface area contributed by atoms with Crippen LogP contribution in [0.5, 0.6) is 0 Å². The van der Waals surface area contributed by atoms with Gasteiger partial charge in [0.2, 0.25) is 5.95 Å². The smallest absolute Gasteiger partial charge is 0.213 e. The van der Waals surface area contributed by atoms with Crippen molar-refractivity contribution in [2.75, 3.05) is 0 Å². The maximum Gasteiger partial charge on any atom is 0.213 e. The van der Waals surface area contributed by atoms with Crippen molar-refractivity contribution >= 4 is 23.2 Å². The van der Waals surface area contributed by atoms with E-state index in [0.29, 0.717) is 26.9 Å². The zero-order valence-corrected chi connectivity index (χ0v) is 10.6. The van der Waals surface area contributed by atoms with Crippen LogP contribution in [0.15, 0.2) is 30.3 Å². The van der Waals surface area contributed by atoms with E-state index >= 15 is 0 Å². The van der Waals surface area contributed by atoms with Crippen LogP contribution in [0, 0.1) is 17.3 Å². The predicted octanol–water partition coefficient (Wildman–Crippen LogP) is 4.26. The zero-order valence-electron chi connectivity index (χ0n) is 9.12. The molecule has 5 heteroatoms. The third kappa shape index (κ3) is 2.79. The minimum atomic E-state index is -0.614. The first-order chi connectivity index (χ1) is 8.60. The van der Waals surface area contributed by atoms with E-state index in [9.17, 15) is 4.39 Å². The Morgan fingerprint density at radius 1 is 1.17 bits per heavy atom. The second-order valence-electron chi connectivity index (χ2n) is 3.62. The van der Waals surface area contributed by atoms with Gasteiger partial charge in [-0.05, 0) is 35.9 Å². The maximum absolute atomic E-state index is 13.1. The predicted molar refractivity (Wildman–Crippen MR) is 69.0 cm³/mol. The van der Waals surface area contributed by atoms with Gasteiger partial charge in [0.25, 0.3) is 0 Å². The van der Waals surface area contributed by atoms with Crippen LogP contribution in [-0.2, 0) is 6.42 Å². The fourth-order valence-electron chi connectivity index (χ4n) is 1.66. The summed E-state index contributed by atoms with van der Waals surface area (Å²) in [5.74, 6) is -0.614. The second-order valence-corrected chi connectivity index (χ2v) is 4.49. The molecule has 0 bridgehead atoms. The molecule has 1 aromatic carbocycles. The summed E-state index contributed by atoms with van der Waals surface area (Å²) >= 11 is 11.8. The van der Waals surface area contributed by atoms with Crippen molar-refractivity contribution in [2.24, 2.45) is 0 Å². The van der Waals surface area contributed by atoms with Crippen molar-refractivity contribution in [2.45, 2.75) is 6.42 Å². The second kappa shape index (κ2) is 5.34. The fourth-order valence-corrected chi connectivity index (χ4v) is 2.18. The third-order valence-corrected chi connectivity index (χ3v) is 2.80. The normalized spacial score (nSPS) is 10.1. The molecule has 0 N–H and O–H groups in total. The van der Waals surface area contributed by atoms with Crippen molar-refractivity contribution in [3.63, 3.8) is 0 Å². The van der Waals surface area contributed by atoms with Gasteiger partial charge in [0.1, 0.15) is 0 Å². The molecular weight excluding hydrogens is 274 g/mol. The number of pyridine rings is 1. The molecule has 1 heterocycles. The molecule has 0 saturated carbocycles. The Labute approximate surface area is 114 Å². The summed E-state index contributed by atoms with van der Waals surface area (Å²) in [5.41, 5.74) is 1.74. The molecule has 2 nitrogen and oxygen atoms in total. The highest BCUT2D eigenvalue weighted by Gasteiger charge is 2.09. The van der Waals surface area contributed by atoms with E-state index in [4.69, 9.17) is 28.5 Å². The molecule has 0 spiro atoms. The number of nitrogens with zero attached hydrogens (tertiary/aromatic N) is 2. The van der Waals surface area contributed by atoms with Crippen LogP contribution in [0.25, 0.3) is 11.1 Å². The van der Waals surface area contributed by atoms with Gasteiger partial charge in [-0.25, -0.2) is 4.98 Å². The lowest BCUT2D eigenvalue weighted by Crippen LogP contribution is -1.96. The summed E-state index contributed by atoms with van der Waals surface area (Å²) in [6, 6.07) is 9.76. The van der Waals surface area contributed by atoms with Crippen molar-refractivity contribution in [3.8, 4) is 17.2 Å². The van der Waals surface area contributed by atoms with Crippen molar-refractivity contribution in [1.82, 2.24) is 4.98 Å². The topological polar surface area (TPSA) is 36.7 Å². The molecule has 0 aliphatic heterocycles. The van der Waals surface area contributed by atoms with Gasteiger partial charge in [-0.15, -0.1) is 0 Å². The molecule has 90 valence electrons. The lowest BCUT2D eigenvalue weighted by atomic mass is 10.0. The van der Waals surface area contributed by atoms with Crippen LogP contribution in [-0.4, -0.2) is 4.98 Å². The summed E-state index contributed by atoms with van der Waals surface area (Å²) in [6.45, 7) is 0. The lowest BCUT2D eigenvalue weighted by molar-refractivity contribution is 0.579. The average molecular weight is 281 g/mol. The van der Waals surface area contributed by atoms with Gasteiger partial charge in [0, 0.05) is 15.6 Å². The van der Waals surface area contributed by atoms with Gasteiger partial charge in [-0.3, -0.25) is 0 Å². The number of halogens is 3. The van der Waals surface area contributed by atoms with Crippen LogP contribution >= 0.6 is 23.2 Å². The molecule has 18 heavy (non-hydrogen) atoms. The summed E-state index contributed by atoms with van der Waals surface area (Å²) < 4.78 is 13.1. The van der Waals surface area contributed by atoms with E-state index in [2.05, 4.69) is 4.98 Å². The summed E-state index contributed by atoms with van der Waals surface area (Å²) in [4.78, 5) is 3.72. The molecule has 0 atom stereocenters. The summed E-state index contributed by atoms with van der Waals surface area (Å²) in [5, 5.41) is 9.68. The van der Waals surface area contributed by atoms with Gasteiger partial charge in [-0.1, -0.05) is 23.2 Å². The molecule has 0 saturated heterocycles. The quantitative estimate of drug-likeness (QED) is 0.771. The van der Waals surface area contributed by atoms with E-state index in [0.717, 1.165) is 0 Å². The van der Waals surface area contributed by atoms with E-state index < -0.39 is 5.95 Å². The Balaban J connectivity index is 2.59. The Kier molecular flexibility index (Phi) is 3.81. The standard InChI is InChI=1S/C13H7Cl2FN2/c14-9-5-8(6-10(15)7-9)11-1-2-13(16)18-12(11)3-4-17/h1-2,5-7H,3H2. The molecule has 1 aromatic heterocycles. The molecule has 0 unspecified atom stereocenters. The largest absolute Gasteiger partial charge is 0.223 e. The van der Waals surface area contributed by atoms with Crippen LogP contribution < -0.4 is 0 Å². The van der Waals surface area contributed by atoms with Gasteiger partial charge < -0.3 is 0 Å². The lowest BCUT2D eigenvalue weighted by Gasteiger charge is -2.07.